The smallest absolute Gasteiger partial charge is 0.221 e. The lowest BCUT2D eigenvalue weighted by Gasteiger charge is -2.22. The van der Waals surface area contributed by atoms with Gasteiger partial charge in [-0.2, -0.15) is 0 Å². The summed E-state index contributed by atoms with van der Waals surface area (Å²) in [6, 6.07) is 14.4. The molecule has 0 atom stereocenters. The first-order chi connectivity index (χ1) is 12.5. The third kappa shape index (κ3) is 5.99. The van der Waals surface area contributed by atoms with E-state index in [1.165, 1.54) is 13.0 Å². The first-order valence-corrected chi connectivity index (χ1v) is 8.77. The maximum Gasteiger partial charge on any atom is 0.221 e. The zero-order valence-corrected chi connectivity index (χ0v) is 15.3. The molecule has 0 radical (unpaired) electrons. The van der Waals surface area contributed by atoms with Crippen LogP contribution in [0.5, 0.6) is 0 Å². The summed E-state index contributed by atoms with van der Waals surface area (Å²) in [5.41, 5.74) is 2.77. The van der Waals surface area contributed by atoms with Crippen LogP contribution in [0.15, 0.2) is 48.5 Å². The number of hydrogen-bond donors (Lipinski definition) is 1. The fraction of sp³-hybridized carbons (Fsp3) is 0.333. The van der Waals surface area contributed by atoms with Crippen molar-refractivity contribution in [2.24, 2.45) is 0 Å². The molecule has 26 heavy (non-hydrogen) atoms. The van der Waals surface area contributed by atoms with Gasteiger partial charge in [0.05, 0.1) is 0 Å². The van der Waals surface area contributed by atoms with E-state index in [2.05, 4.69) is 5.32 Å². The molecule has 0 aromatic heterocycles. The number of benzene rings is 2. The van der Waals surface area contributed by atoms with Crippen molar-refractivity contribution in [3.63, 3.8) is 0 Å². The van der Waals surface area contributed by atoms with Crippen molar-refractivity contribution < 1.29 is 14.0 Å². The van der Waals surface area contributed by atoms with Gasteiger partial charge in [0.2, 0.25) is 11.8 Å². The number of hydrogen-bond acceptors (Lipinski definition) is 2. The minimum absolute atomic E-state index is 0.0626. The van der Waals surface area contributed by atoms with Gasteiger partial charge in [0.15, 0.2) is 0 Å². The van der Waals surface area contributed by atoms with Gasteiger partial charge in [0.25, 0.3) is 0 Å². The lowest BCUT2D eigenvalue weighted by atomic mass is 10.1. The van der Waals surface area contributed by atoms with Gasteiger partial charge in [0, 0.05) is 33.0 Å². The molecule has 0 saturated carbocycles. The maximum absolute atomic E-state index is 13.5. The van der Waals surface area contributed by atoms with Gasteiger partial charge >= 0.3 is 0 Å². The standard InChI is InChI=1S/C21H25FN2O2/c1-16-7-3-4-9-19(16)15-24(17(2)25)14-12-21(26)23-13-11-18-8-5-6-10-20(18)22/h3-10H,11-15H2,1-2H3,(H,23,26). The summed E-state index contributed by atoms with van der Waals surface area (Å²) in [6.07, 6.45) is 0.667. The highest BCUT2D eigenvalue weighted by Crippen LogP contribution is 2.11. The molecule has 0 aliphatic rings. The van der Waals surface area contributed by atoms with E-state index in [9.17, 15) is 14.0 Å². The van der Waals surface area contributed by atoms with Crippen LogP contribution in [0.4, 0.5) is 4.39 Å². The van der Waals surface area contributed by atoms with E-state index in [1.54, 1.807) is 23.1 Å². The second-order valence-corrected chi connectivity index (χ2v) is 6.31. The van der Waals surface area contributed by atoms with Crippen molar-refractivity contribution in [3.8, 4) is 0 Å². The van der Waals surface area contributed by atoms with Gasteiger partial charge in [-0.1, -0.05) is 42.5 Å². The monoisotopic (exact) mass is 356 g/mol. The molecule has 138 valence electrons. The fourth-order valence-corrected chi connectivity index (χ4v) is 2.70. The van der Waals surface area contributed by atoms with Gasteiger partial charge in [-0.3, -0.25) is 9.59 Å². The molecule has 0 aliphatic carbocycles. The predicted octanol–water partition coefficient (Wildman–Crippen LogP) is 3.23. The molecule has 2 aromatic carbocycles. The van der Waals surface area contributed by atoms with E-state index in [0.717, 1.165) is 11.1 Å². The van der Waals surface area contributed by atoms with Crippen LogP contribution in [0.1, 0.15) is 30.0 Å². The zero-order chi connectivity index (χ0) is 18.9. The number of rotatable bonds is 8. The molecule has 1 N–H and O–H groups in total. The number of carbonyl (C=O) groups is 2. The minimum atomic E-state index is -0.261. The summed E-state index contributed by atoms with van der Waals surface area (Å²) < 4.78 is 13.5. The van der Waals surface area contributed by atoms with E-state index >= 15 is 0 Å². The normalized spacial score (nSPS) is 10.4. The van der Waals surface area contributed by atoms with Crippen LogP contribution in [-0.2, 0) is 22.6 Å². The van der Waals surface area contributed by atoms with Crippen LogP contribution in [0.2, 0.25) is 0 Å². The summed E-state index contributed by atoms with van der Waals surface area (Å²) in [4.78, 5) is 25.5. The number of nitrogens with zero attached hydrogens (tertiary/aromatic N) is 1. The molecule has 0 unspecified atom stereocenters. The Kier molecular flexibility index (Phi) is 7.33. The highest BCUT2D eigenvalue weighted by Gasteiger charge is 2.13. The van der Waals surface area contributed by atoms with E-state index in [0.29, 0.717) is 31.6 Å². The fourth-order valence-electron chi connectivity index (χ4n) is 2.70. The van der Waals surface area contributed by atoms with Gasteiger partial charge < -0.3 is 10.2 Å². The molecule has 2 amide bonds. The number of amides is 2. The Morgan fingerprint density at radius 3 is 2.35 bits per heavy atom. The molecule has 5 heteroatoms. The van der Waals surface area contributed by atoms with Crippen molar-refractivity contribution in [1.29, 1.82) is 0 Å². The average molecular weight is 356 g/mol. The van der Waals surface area contributed by atoms with Crippen LogP contribution in [0, 0.1) is 12.7 Å². The lowest BCUT2D eigenvalue weighted by Crippen LogP contribution is -2.34. The third-order valence-electron chi connectivity index (χ3n) is 4.35. The van der Waals surface area contributed by atoms with Crippen molar-refractivity contribution in [2.75, 3.05) is 13.1 Å². The van der Waals surface area contributed by atoms with E-state index in [4.69, 9.17) is 0 Å². The van der Waals surface area contributed by atoms with E-state index in [-0.39, 0.29) is 24.1 Å². The Labute approximate surface area is 154 Å². The molecule has 0 heterocycles. The molecular formula is C21H25FN2O2. The van der Waals surface area contributed by atoms with Gasteiger partial charge in [-0.25, -0.2) is 4.39 Å². The van der Waals surface area contributed by atoms with Crippen molar-refractivity contribution in [2.45, 2.75) is 33.2 Å². The first kappa shape index (κ1) is 19.6. The molecule has 0 fully saturated rings. The maximum atomic E-state index is 13.5. The van der Waals surface area contributed by atoms with E-state index in [1.807, 2.05) is 31.2 Å². The van der Waals surface area contributed by atoms with E-state index < -0.39 is 0 Å². The zero-order valence-electron chi connectivity index (χ0n) is 15.3. The summed E-state index contributed by atoms with van der Waals surface area (Å²) in [7, 11) is 0. The number of carbonyl (C=O) groups excluding carboxylic acids is 2. The minimum Gasteiger partial charge on any atom is -0.356 e. The van der Waals surface area contributed by atoms with Crippen LogP contribution in [-0.4, -0.2) is 29.8 Å². The van der Waals surface area contributed by atoms with Crippen molar-refractivity contribution in [3.05, 3.63) is 71.0 Å². The van der Waals surface area contributed by atoms with Gasteiger partial charge in [-0.05, 0) is 36.1 Å². The number of nitrogens with one attached hydrogen (secondary N) is 1. The SMILES string of the molecule is CC(=O)N(CCC(=O)NCCc1ccccc1F)Cc1ccccc1C. The second kappa shape index (κ2) is 9.70. The van der Waals surface area contributed by atoms with Crippen LogP contribution >= 0.6 is 0 Å². The molecule has 0 spiro atoms. The molecule has 2 aromatic rings. The Morgan fingerprint density at radius 1 is 1.04 bits per heavy atom. The average Bonchev–Trinajstić information content (AvgIpc) is 2.61. The second-order valence-electron chi connectivity index (χ2n) is 6.31. The van der Waals surface area contributed by atoms with Crippen LogP contribution in [0.3, 0.4) is 0 Å². The quantitative estimate of drug-likeness (QED) is 0.789. The molecular weight excluding hydrogens is 331 g/mol. The Hall–Kier alpha value is -2.69. The van der Waals surface area contributed by atoms with Crippen molar-refractivity contribution in [1.82, 2.24) is 10.2 Å². The Morgan fingerprint density at radius 2 is 1.69 bits per heavy atom. The molecule has 4 nitrogen and oxygen atoms in total. The summed E-state index contributed by atoms with van der Waals surface area (Å²) in [5, 5.41) is 2.78. The molecule has 0 bridgehead atoms. The summed E-state index contributed by atoms with van der Waals surface area (Å²) in [5.74, 6) is -0.465. The van der Waals surface area contributed by atoms with Crippen LogP contribution in [0.25, 0.3) is 0 Å². The summed E-state index contributed by atoms with van der Waals surface area (Å²) >= 11 is 0. The largest absolute Gasteiger partial charge is 0.356 e. The molecule has 0 aliphatic heterocycles. The number of halogens is 1. The molecule has 2 rings (SSSR count). The summed E-state index contributed by atoms with van der Waals surface area (Å²) in [6.45, 7) is 4.73. The lowest BCUT2D eigenvalue weighted by molar-refractivity contribution is -0.130. The van der Waals surface area contributed by atoms with Crippen molar-refractivity contribution >= 4 is 11.8 Å². The van der Waals surface area contributed by atoms with Gasteiger partial charge in [-0.15, -0.1) is 0 Å². The van der Waals surface area contributed by atoms with Gasteiger partial charge in [0.1, 0.15) is 5.82 Å². The topological polar surface area (TPSA) is 49.4 Å². The molecule has 0 saturated heterocycles. The highest BCUT2D eigenvalue weighted by molar-refractivity contribution is 5.78. The Bertz CT molecular complexity index is 761. The third-order valence-corrected chi connectivity index (χ3v) is 4.35. The first-order valence-electron chi connectivity index (χ1n) is 8.77. The predicted molar refractivity (Wildman–Crippen MR) is 100 cm³/mol. The Balaban J connectivity index is 1.79. The highest BCUT2D eigenvalue weighted by atomic mass is 19.1. The van der Waals surface area contributed by atoms with Crippen LogP contribution < -0.4 is 5.32 Å². The number of aryl methyl sites for hydroxylation is 1.